The molecule has 0 saturated heterocycles. The lowest BCUT2D eigenvalue weighted by atomic mass is 10.0. The van der Waals surface area contributed by atoms with Crippen molar-refractivity contribution in [3.05, 3.63) is 91.8 Å². The smallest absolute Gasteiger partial charge is 0.261 e. The molecule has 0 amide bonds. The SMILES string of the molecule is C[C@@H](CO)n1cnc2c(c1=O)=CC(c1cnc(-c3ccc(=O)n(C)c3)nc1)NC=2c1cnn(C)c1. The molecule has 0 spiro atoms. The molecule has 1 unspecified atom stereocenters. The van der Waals surface area contributed by atoms with Crippen molar-refractivity contribution in [2.45, 2.75) is 19.0 Å². The molecule has 0 saturated carbocycles. The van der Waals surface area contributed by atoms with E-state index in [1.807, 2.05) is 13.2 Å². The molecule has 0 fully saturated rings. The van der Waals surface area contributed by atoms with Gasteiger partial charge >= 0.3 is 0 Å². The van der Waals surface area contributed by atoms with Crippen molar-refractivity contribution in [2.75, 3.05) is 6.61 Å². The summed E-state index contributed by atoms with van der Waals surface area (Å²) in [5, 5.41) is 18.2. The standard InChI is InChI=1S/C24H24N8O3/c1-14(12-33)32-13-27-22-18(24(32)35)6-19(29-21(22)17-9-28-31(3)11-17)16-7-25-23(26-8-16)15-4-5-20(34)30(2)10-15/h4-11,13-14,19,29,33H,12H2,1-3H3/t14-,19?/m0/s1. The first-order valence-corrected chi connectivity index (χ1v) is 11.0. The van der Waals surface area contributed by atoms with E-state index >= 15 is 0 Å². The number of aryl methyl sites for hydroxylation is 2. The normalized spacial score (nSPS) is 15.8. The number of aliphatic hydroxyl groups is 1. The van der Waals surface area contributed by atoms with Gasteiger partial charge in [-0.1, -0.05) is 0 Å². The van der Waals surface area contributed by atoms with Gasteiger partial charge in [-0.25, -0.2) is 15.0 Å². The molecule has 11 heteroatoms. The van der Waals surface area contributed by atoms with Crippen LogP contribution in [0.3, 0.4) is 0 Å². The van der Waals surface area contributed by atoms with Crippen LogP contribution in [0.5, 0.6) is 0 Å². The molecule has 0 aromatic carbocycles. The van der Waals surface area contributed by atoms with E-state index in [0.29, 0.717) is 22.1 Å². The monoisotopic (exact) mass is 472 g/mol. The average molecular weight is 473 g/mol. The molecular formula is C24H24N8O3. The molecule has 0 bridgehead atoms. The third-order valence-corrected chi connectivity index (χ3v) is 6.01. The lowest BCUT2D eigenvalue weighted by molar-refractivity contribution is 0.235. The van der Waals surface area contributed by atoms with Crippen molar-refractivity contribution in [1.29, 1.82) is 0 Å². The quantitative estimate of drug-likeness (QED) is 0.377. The maximum absolute atomic E-state index is 13.3. The third-order valence-electron chi connectivity index (χ3n) is 6.01. The van der Waals surface area contributed by atoms with Crippen LogP contribution in [0.15, 0.2) is 59.0 Å². The van der Waals surface area contributed by atoms with E-state index in [-0.39, 0.29) is 17.7 Å². The minimum atomic E-state index is -0.409. The summed E-state index contributed by atoms with van der Waals surface area (Å²) in [5.41, 5.74) is 2.57. The van der Waals surface area contributed by atoms with Crippen LogP contribution in [0, 0.1) is 0 Å². The largest absolute Gasteiger partial charge is 0.394 e. The van der Waals surface area contributed by atoms with Crippen molar-refractivity contribution < 1.29 is 5.11 Å². The summed E-state index contributed by atoms with van der Waals surface area (Å²) in [7, 11) is 3.49. The lowest BCUT2D eigenvalue weighted by Crippen LogP contribution is -2.52. The van der Waals surface area contributed by atoms with E-state index < -0.39 is 12.1 Å². The lowest BCUT2D eigenvalue weighted by Gasteiger charge is -2.22. The molecule has 1 aliphatic rings. The zero-order valence-electron chi connectivity index (χ0n) is 19.5. The number of fused-ring (bicyclic) bond motifs is 1. The number of rotatable bonds is 5. The Morgan fingerprint density at radius 1 is 1.06 bits per heavy atom. The van der Waals surface area contributed by atoms with Gasteiger partial charge in [-0.05, 0) is 19.1 Å². The summed E-state index contributed by atoms with van der Waals surface area (Å²) in [5.74, 6) is 0.484. The maximum Gasteiger partial charge on any atom is 0.261 e. The van der Waals surface area contributed by atoms with Gasteiger partial charge < -0.3 is 15.0 Å². The van der Waals surface area contributed by atoms with E-state index in [1.165, 1.54) is 21.5 Å². The van der Waals surface area contributed by atoms with Crippen LogP contribution in [-0.2, 0) is 14.1 Å². The summed E-state index contributed by atoms with van der Waals surface area (Å²) in [6, 6.07) is 2.35. The zero-order chi connectivity index (χ0) is 24.7. The molecule has 0 radical (unpaired) electrons. The van der Waals surface area contributed by atoms with E-state index in [2.05, 4.69) is 25.4 Å². The highest BCUT2D eigenvalue weighted by molar-refractivity contribution is 5.66. The molecule has 35 heavy (non-hydrogen) atoms. The van der Waals surface area contributed by atoms with Crippen molar-refractivity contribution in [3.8, 4) is 11.4 Å². The third kappa shape index (κ3) is 4.06. The topological polar surface area (TPSA) is 133 Å². The van der Waals surface area contributed by atoms with Crippen LogP contribution >= 0.6 is 0 Å². The predicted molar refractivity (Wildman–Crippen MR) is 128 cm³/mol. The average Bonchev–Trinajstić information content (AvgIpc) is 3.31. The van der Waals surface area contributed by atoms with E-state index in [1.54, 1.807) is 55.6 Å². The highest BCUT2D eigenvalue weighted by atomic mass is 16.3. The molecule has 1 aliphatic heterocycles. The number of hydrogen-bond acceptors (Lipinski definition) is 8. The van der Waals surface area contributed by atoms with E-state index in [9.17, 15) is 14.7 Å². The Morgan fingerprint density at radius 3 is 2.49 bits per heavy atom. The van der Waals surface area contributed by atoms with E-state index in [4.69, 9.17) is 0 Å². The number of aliphatic hydroxyl groups excluding tert-OH is 1. The molecule has 4 aromatic rings. The Morgan fingerprint density at radius 2 is 1.83 bits per heavy atom. The Kier molecular flexibility index (Phi) is 5.61. The fourth-order valence-electron chi connectivity index (χ4n) is 3.99. The fourth-order valence-corrected chi connectivity index (χ4v) is 3.99. The van der Waals surface area contributed by atoms with Crippen LogP contribution in [0.4, 0.5) is 0 Å². The van der Waals surface area contributed by atoms with Gasteiger partial charge in [0.2, 0.25) is 5.56 Å². The molecule has 2 atom stereocenters. The summed E-state index contributed by atoms with van der Waals surface area (Å²) in [6.45, 7) is 1.58. The van der Waals surface area contributed by atoms with Crippen LogP contribution in [0.2, 0.25) is 0 Å². The molecule has 4 aromatic heterocycles. The van der Waals surface area contributed by atoms with Gasteiger partial charge in [-0.15, -0.1) is 0 Å². The first-order chi connectivity index (χ1) is 16.9. The number of aromatic nitrogens is 7. The second-order valence-corrected chi connectivity index (χ2v) is 8.52. The van der Waals surface area contributed by atoms with Crippen LogP contribution in [0.1, 0.15) is 30.1 Å². The summed E-state index contributed by atoms with van der Waals surface area (Å²) >= 11 is 0. The van der Waals surface area contributed by atoms with Gasteiger partial charge in [0.25, 0.3) is 5.56 Å². The number of hydrogen-bond donors (Lipinski definition) is 2. The zero-order valence-corrected chi connectivity index (χ0v) is 19.5. The Hall–Kier alpha value is -4.38. The molecule has 2 N–H and O–H groups in total. The Bertz CT molecular complexity index is 1650. The van der Waals surface area contributed by atoms with Crippen LogP contribution < -0.4 is 27.0 Å². The summed E-state index contributed by atoms with van der Waals surface area (Å²) in [4.78, 5) is 38.5. The Balaban J connectivity index is 1.62. The van der Waals surface area contributed by atoms with Crippen molar-refractivity contribution >= 4 is 11.8 Å². The van der Waals surface area contributed by atoms with Crippen molar-refractivity contribution in [3.63, 3.8) is 0 Å². The number of nitrogens with one attached hydrogen (secondary N) is 1. The van der Waals surface area contributed by atoms with Crippen molar-refractivity contribution in [2.24, 2.45) is 14.1 Å². The van der Waals surface area contributed by atoms with Gasteiger partial charge in [-0.3, -0.25) is 18.8 Å². The maximum atomic E-state index is 13.3. The number of nitrogens with zero attached hydrogens (tertiary/aromatic N) is 7. The van der Waals surface area contributed by atoms with E-state index in [0.717, 1.165) is 16.7 Å². The van der Waals surface area contributed by atoms with Gasteiger partial charge in [0.1, 0.15) is 5.35 Å². The van der Waals surface area contributed by atoms with Gasteiger partial charge in [0.05, 0.1) is 42.1 Å². The minimum absolute atomic E-state index is 0.113. The molecule has 5 heterocycles. The second-order valence-electron chi connectivity index (χ2n) is 8.52. The summed E-state index contributed by atoms with van der Waals surface area (Å²) < 4.78 is 4.58. The highest BCUT2D eigenvalue weighted by Crippen LogP contribution is 2.21. The molecule has 11 nitrogen and oxygen atoms in total. The van der Waals surface area contributed by atoms with Crippen LogP contribution in [-0.4, -0.2) is 45.6 Å². The van der Waals surface area contributed by atoms with Crippen molar-refractivity contribution in [1.82, 2.24) is 39.2 Å². The molecule has 178 valence electrons. The minimum Gasteiger partial charge on any atom is -0.394 e. The van der Waals surface area contributed by atoms with Crippen LogP contribution in [0.25, 0.3) is 23.2 Å². The first kappa shape index (κ1) is 22.4. The van der Waals surface area contributed by atoms with Gasteiger partial charge in [0.15, 0.2) is 5.82 Å². The number of pyridine rings is 1. The van der Waals surface area contributed by atoms with Gasteiger partial charge in [0, 0.05) is 61.6 Å². The fraction of sp³-hybridized carbons (Fsp3) is 0.250. The second kappa shape index (κ2) is 8.76. The van der Waals surface area contributed by atoms with Gasteiger partial charge in [-0.2, -0.15) is 5.10 Å². The first-order valence-electron chi connectivity index (χ1n) is 11.0. The molecule has 0 aliphatic carbocycles. The highest BCUT2D eigenvalue weighted by Gasteiger charge is 2.21. The molecule has 5 rings (SSSR count). The summed E-state index contributed by atoms with van der Waals surface area (Å²) in [6.07, 6.45) is 11.9. The predicted octanol–water partition coefficient (Wildman–Crippen LogP) is -1.03. The molecular weight excluding hydrogens is 448 g/mol. The Labute approximate surface area is 199 Å².